The highest BCUT2D eigenvalue weighted by molar-refractivity contribution is 5.67. The number of ether oxygens (including phenoxy) is 1. The molecule has 1 aromatic carbocycles. The number of rotatable bonds is 2. The highest BCUT2D eigenvalue weighted by Gasteiger charge is 2.13. The lowest BCUT2D eigenvalue weighted by atomic mass is 10.3. The molecule has 4 N–H and O–H groups in total. The van der Waals surface area contributed by atoms with E-state index in [1.54, 1.807) is 4.68 Å². The molecular weight excluding hydrogens is 192 g/mol. The van der Waals surface area contributed by atoms with E-state index in [0.717, 1.165) is 5.69 Å². The minimum absolute atomic E-state index is 0.344. The predicted octanol–water partition coefficient (Wildman–Crippen LogP) is 1.05. The molecule has 0 aliphatic rings. The molecule has 0 atom stereocenters. The van der Waals surface area contributed by atoms with Crippen LogP contribution in [0.4, 0.5) is 11.5 Å². The van der Waals surface area contributed by atoms with Gasteiger partial charge < -0.3 is 16.2 Å². The van der Waals surface area contributed by atoms with Gasteiger partial charge in [0.25, 0.3) is 5.88 Å². The topological polar surface area (TPSA) is 79.1 Å². The maximum Gasteiger partial charge on any atom is 0.258 e. The van der Waals surface area contributed by atoms with E-state index in [2.05, 4.69) is 5.10 Å². The van der Waals surface area contributed by atoms with Crippen LogP contribution in [0, 0.1) is 0 Å². The van der Waals surface area contributed by atoms with Crippen molar-refractivity contribution in [2.75, 3.05) is 18.6 Å². The molecule has 1 aromatic heterocycles. The SMILES string of the molecule is COc1nn(-c2ccccc2)c(N)c1N. The second kappa shape index (κ2) is 3.53. The van der Waals surface area contributed by atoms with Crippen molar-refractivity contribution in [1.82, 2.24) is 9.78 Å². The van der Waals surface area contributed by atoms with Crippen molar-refractivity contribution in [3.8, 4) is 11.6 Å². The minimum atomic E-state index is 0.344. The molecule has 5 heteroatoms. The van der Waals surface area contributed by atoms with E-state index in [1.165, 1.54) is 7.11 Å². The van der Waals surface area contributed by atoms with Crippen LogP contribution >= 0.6 is 0 Å². The van der Waals surface area contributed by atoms with Crippen molar-refractivity contribution in [1.29, 1.82) is 0 Å². The number of methoxy groups -OCH3 is 1. The fourth-order valence-corrected chi connectivity index (χ4v) is 1.34. The molecule has 0 saturated heterocycles. The summed E-state index contributed by atoms with van der Waals surface area (Å²) in [6.07, 6.45) is 0. The molecule has 0 amide bonds. The normalized spacial score (nSPS) is 10.2. The monoisotopic (exact) mass is 204 g/mol. The molecule has 0 unspecified atom stereocenters. The average molecular weight is 204 g/mol. The second-order valence-corrected chi connectivity index (χ2v) is 3.06. The molecule has 0 saturated carbocycles. The van der Waals surface area contributed by atoms with Crippen molar-refractivity contribution in [3.63, 3.8) is 0 Å². The van der Waals surface area contributed by atoms with Gasteiger partial charge in [0.1, 0.15) is 5.69 Å². The van der Waals surface area contributed by atoms with Crippen molar-refractivity contribution in [3.05, 3.63) is 30.3 Å². The van der Waals surface area contributed by atoms with Crippen LogP contribution in [0.5, 0.6) is 5.88 Å². The number of nitrogen functional groups attached to an aromatic ring is 2. The Morgan fingerprint density at radius 2 is 1.87 bits per heavy atom. The largest absolute Gasteiger partial charge is 0.478 e. The zero-order valence-electron chi connectivity index (χ0n) is 8.34. The van der Waals surface area contributed by atoms with Crippen molar-refractivity contribution < 1.29 is 4.74 Å². The Balaban J connectivity index is 2.55. The van der Waals surface area contributed by atoms with Gasteiger partial charge in [0.2, 0.25) is 0 Å². The highest BCUT2D eigenvalue weighted by atomic mass is 16.5. The summed E-state index contributed by atoms with van der Waals surface area (Å²) in [4.78, 5) is 0. The molecule has 5 nitrogen and oxygen atoms in total. The molecule has 1 heterocycles. The molecule has 0 bridgehead atoms. The number of benzene rings is 1. The first-order valence-corrected chi connectivity index (χ1v) is 4.47. The van der Waals surface area contributed by atoms with Gasteiger partial charge in [-0.2, -0.15) is 0 Å². The minimum Gasteiger partial charge on any atom is -0.478 e. The van der Waals surface area contributed by atoms with Gasteiger partial charge in [-0.15, -0.1) is 5.10 Å². The molecular formula is C10H12N4O. The molecule has 0 aliphatic heterocycles. The maximum absolute atomic E-state index is 5.81. The van der Waals surface area contributed by atoms with Gasteiger partial charge in [0, 0.05) is 0 Å². The van der Waals surface area contributed by atoms with E-state index in [-0.39, 0.29) is 0 Å². The number of para-hydroxylation sites is 1. The van der Waals surface area contributed by atoms with Gasteiger partial charge in [0.05, 0.1) is 12.8 Å². The van der Waals surface area contributed by atoms with E-state index >= 15 is 0 Å². The number of nitrogens with two attached hydrogens (primary N) is 2. The fourth-order valence-electron chi connectivity index (χ4n) is 1.34. The van der Waals surface area contributed by atoms with Crippen LogP contribution in [-0.2, 0) is 0 Å². The quantitative estimate of drug-likeness (QED) is 0.766. The first kappa shape index (κ1) is 9.39. The maximum atomic E-state index is 5.81. The van der Waals surface area contributed by atoms with Gasteiger partial charge in [-0.25, -0.2) is 4.68 Å². The summed E-state index contributed by atoms with van der Waals surface area (Å²) in [5.41, 5.74) is 12.7. The first-order valence-electron chi connectivity index (χ1n) is 4.47. The lowest BCUT2D eigenvalue weighted by Crippen LogP contribution is -2.02. The van der Waals surface area contributed by atoms with Crippen LogP contribution in [0.15, 0.2) is 30.3 Å². The highest BCUT2D eigenvalue weighted by Crippen LogP contribution is 2.28. The molecule has 0 aliphatic carbocycles. The summed E-state index contributed by atoms with van der Waals surface area (Å²) in [5.74, 6) is 0.731. The third-order valence-electron chi connectivity index (χ3n) is 2.12. The second-order valence-electron chi connectivity index (χ2n) is 3.06. The lowest BCUT2D eigenvalue weighted by molar-refractivity contribution is 0.396. The van der Waals surface area contributed by atoms with Crippen LogP contribution in [0.1, 0.15) is 0 Å². The molecule has 0 spiro atoms. The van der Waals surface area contributed by atoms with Crippen molar-refractivity contribution in [2.24, 2.45) is 0 Å². The Morgan fingerprint density at radius 3 is 2.40 bits per heavy atom. The fraction of sp³-hybridized carbons (Fsp3) is 0.100. The van der Waals surface area contributed by atoms with E-state index in [9.17, 15) is 0 Å². The first-order chi connectivity index (χ1) is 7.24. The number of anilines is 2. The molecule has 78 valence electrons. The third kappa shape index (κ3) is 1.48. The van der Waals surface area contributed by atoms with Gasteiger partial charge >= 0.3 is 0 Å². The van der Waals surface area contributed by atoms with Crippen LogP contribution in [0.25, 0.3) is 5.69 Å². The zero-order chi connectivity index (χ0) is 10.8. The van der Waals surface area contributed by atoms with Gasteiger partial charge in [-0.1, -0.05) is 18.2 Å². The summed E-state index contributed by atoms with van der Waals surface area (Å²) in [7, 11) is 1.51. The van der Waals surface area contributed by atoms with E-state index in [0.29, 0.717) is 17.4 Å². The Hall–Kier alpha value is -2.17. The standard InChI is InChI=1S/C10H12N4O/c1-15-10-8(11)9(12)14(13-10)7-5-3-2-4-6-7/h2-6H,11-12H2,1H3. The van der Waals surface area contributed by atoms with E-state index in [1.807, 2.05) is 30.3 Å². The van der Waals surface area contributed by atoms with Crippen molar-refractivity contribution in [2.45, 2.75) is 0 Å². The number of hydrogen-bond donors (Lipinski definition) is 2. The average Bonchev–Trinajstić information content (AvgIpc) is 2.57. The Morgan fingerprint density at radius 1 is 1.20 bits per heavy atom. The van der Waals surface area contributed by atoms with Gasteiger partial charge in [-0.3, -0.25) is 0 Å². The molecule has 0 fully saturated rings. The molecule has 0 radical (unpaired) electrons. The molecule has 2 aromatic rings. The van der Waals surface area contributed by atoms with Crippen molar-refractivity contribution >= 4 is 11.5 Å². The third-order valence-corrected chi connectivity index (χ3v) is 2.12. The van der Waals surface area contributed by atoms with Crippen LogP contribution in [0.3, 0.4) is 0 Å². The lowest BCUT2D eigenvalue weighted by Gasteiger charge is -2.02. The van der Waals surface area contributed by atoms with Crippen LogP contribution < -0.4 is 16.2 Å². The smallest absolute Gasteiger partial charge is 0.258 e. The summed E-state index contributed by atoms with van der Waals surface area (Å²) < 4.78 is 6.54. The Bertz CT molecular complexity index is 464. The summed E-state index contributed by atoms with van der Waals surface area (Å²) in [6.45, 7) is 0. The number of hydrogen-bond acceptors (Lipinski definition) is 4. The number of nitrogens with zero attached hydrogens (tertiary/aromatic N) is 2. The Kier molecular flexibility index (Phi) is 2.21. The van der Waals surface area contributed by atoms with E-state index < -0.39 is 0 Å². The molecule has 2 rings (SSSR count). The van der Waals surface area contributed by atoms with Crippen LogP contribution in [0.2, 0.25) is 0 Å². The van der Waals surface area contributed by atoms with Gasteiger partial charge in [-0.05, 0) is 12.1 Å². The Labute approximate surface area is 87.3 Å². The number of aromatic nitrogens is 2. The summed E-state index contributed by atoms with van der Waals surface area (Å²) in [5, 5.41) is 4.14. The van der Waals surface area contributed by atoms with E-state index in [4.69, 9.17) is 16.2 Å². The predicted molar refractivity (Wildman–Crippen MR) is 58.9 cm³/mol. The summed E-state index contributed by atoms with van der Waals surface area (Å²) in [6, 6.07) is 9.51. The summed E-state index contributed by atoms with van der Waals surface area (Å²) >= 11 is 0. The van der Waals surface area contributed by atoms with Gasteiger partial charge in [0.15, 0.2) is 5.82 Å². The zero-order valence-corrected chi connectivity index (χ0v) is 8.34. The molecule has 15 heavy (non-hydrogen) atoms. The van der Waals surface area contributed by atoms with Crippen LogP contribution in [-0.4, -0.2) is 16.9 Å².